The highest BCUT2D eigenvalue weighted by atomic mass is 15.3. The van der Waals surface area contributed by atoms with Crippen LogP contribution in [-0.2, 0) is 6.42 Å². The largest absolute Gasteiger partial charge is 0.301 e. The molecule has 3 rings (SSSR count). The monoisotopic (exact) mass is 322 g/mol. The number of piperazine rings is 1. The molecule has 0 aliphatic carbocycles. The molecule has 0 saturated carbocycles. The van der Waals surface area contributed by atoms with Crippen LogP contribution in [0.3, 0.4) is 0 Å². The molecule has 0 aromatic heterocycles. The normalized spacial score (nSPS) is 17.7. The molecule has 1 fully saturated rings. The summed E-state index contributed by atoms with van der Waals surface area (Å²) in [4.78, 5) is 5.31. The van der Waals surface area contributed by atoms with Gasteiger partial charge < -0.3 is 4.90 Å². The molecule has 128 valence electrons. The lowest BCUT2D eigenvalue weighted by Crippen LogP contribution is -2.48. The Labute approximate surface area is 147 Å². The summed E-state index contributed by atoms with van der Waals surface area (Å²) in [5, 5.41) is 0. The molecule has 1 atom stereocenters. The maximum atomic E-state index is 2.69. The summed E-state index contributed by atoms with van der Waals surface area (Å²) in [7, 11) is 0. The van der Waals surface area contributed by atoms with Gasteiger partial charge in [0.15, 0.2) is 0 Å². The molecule has 2 nitrogen and oxygen atoms in total. The van der Waals surface area contributed by atoms with E-state index in [1.54, 1.807) is 0 Å². The van der Waals surface area contributed by atoms with Gasteiger partial charge in [-0.15, -0.1) is 0 Å². The van der Waals surface area contributed by atoms with E-state index in [-0.39, 0.29) is 0 Å². The van der Waals surface area contributed by atoms with Gasteiger partial charge >= 0.3 is 0 Å². The van der Waals surface area contributed by atoms with Gasteiger partial charge in [-0.1, -0.05) is 74.0 Å². The van der Waals surface area contributed by atoms with Crippen LogP contribution >= 0.6 is 0 Å². The lowest BCUT2D eigenvalue weighted by molar-refractivity contribution is 0.0945. The zero-order valence-corrected chi connectivity index (χ0v) is 14.9. The van der Waals surface area contributed by atoms with Crippen LogP contribution in [0.1, 0.15) is 36.9 Å². The molecule has 0 radical (unpaired) electrons. The highest BCUT2D eigenvalue weighted by Gasteiger charge is 2.24. The smallest absolute Gasteiger partial charge is 0.0389 e. The van der Waals surface area contributed by atoms with Crippen molar-refractivity contribution in [3.8, 4) is 0 Å². The number of hydrogen-bond donors (Lipinski definition) is 0. The molecule has 1 heterocycles. The Kier molecular flexibility index (Phi) is 6.45. The third-order valence-corrected chi connectivity index (χ3v) is 5.13. The van der Waals surface area contributed by atoms with Crippen molar-refractivity contribution in [3.05, 3.63) is 71.8 Å². The molecule has 0 bridgehead atoms. The Morgan fingerprint density at radius 2 is 1.46 bits per heavy atom. The van der Waals surface area contributed by atoms with Gasteiger partial charge in [-0.2, -0.15) is 0 Å². The minimum Gasteiger partial charge on any atom is -0.301 e. The van der Waals surface area contributed by atoms with Crippen LogP contribution < -0.4 is 0 Å². The number of benzene rings is 2. The average Bonchev–Trinajstić information content (AvgIpc) is 2.66. The molecule has 0 N–H and O–H groups in total. The van der Waals surface area contributed by atoms with Crippen molar-refractivity contribution < 1.29 is 0 Å². The number of unbranched alkanes of at least 4 members (excludes halogenated alkanes) is 1. The minimum atomic E-state index is 0.488. The van der Waals surface area contributed by atoms with Crippen molar-refractivity contribution in [2.75, 3.05) is 32.7 Å². The lowest BCUT2D eigenvalue weighted by atomic mass is 9.96. The lowest BCUT2D eigenvalue weighted by Gasteiger charge is -2.39. The highest BCUT2D eigenvalue weighted by molar-refractivity contribution is 5.24. The standard InChI is InChI=1S/C22H30N2/c1-2-3-14-23-15-17-24(18-16-23)22(21-12-8-5-9-13-21)19-20-10-6-4-7-11-20/h4-13,22H,2-3,14-19H2,1H3. The fraction of sp³-hybridized carbons (Fsp3) is 0.455. The number of rotatable bonds is 7. The molecule has 1 saturated heterocycles. The van der Waals surface area contributed by atoms with Crippen LogP contribution in [0.5, 0.6) is 0 Å². The van der Waals surface area contributed by atoms with E-state index < -0.39 is 0 Å². The maximum absolute atomic E-state index is 2.69. The molecule has 2 aromatic carbocycles. The number of hydrogen-bond acceptors (Lipinski definition) is 2. The Morgan fingerprint density at radius 3 is 2.08 bits per heavy atom. The van der Waals surface area contributed by atoms with Crippen LogP contribution in [0.15, 0.2) is 60.7 Å². The Morgan fingerprint density at radius 1 is 0.833 bits per heavy atom. The SMILES string of the molecule is CCCCN1CCN(C(Cc2ccccc2)c2ccccc2)CC1. The van der Waals surface area contributed by atoms with E-state index in [4.69, 9.17) is 0 Å². The van der Waals surface area contributed by atoms with E-state index in [0.717, 1.165) is 6.42 Å². The van der Waals surface area contributed by atoms with Crippen LogP contribution in [0.4, 0.5) is 0 Å². The summed E-state index contributed by atoms with van der Waals surface area (Å²) < 4.78 is 0. The molecule has 0 spiro atoms. The Bertz CT molecular complexity index is 573. The second-order valence-electron chi connectivity index (χ2n) is 6.85. The van der Waals surface area contributed by atoms with E-state index in [9.17, 15) is 0 Å². The molecule has 2 aromatic rings. The van der Waals surface area contributed by atoms with Crippen LogP contribution in [-0.4, -0.2) is 42.5 Å². The Hall–Kier alpha value is -1.64. The van der Waals surface area contributed by atoms with E-state index >= 15 is 0 Å². The number of nitrogens with zero attached hydrogens (tertiary/aromatic N) is 2. The Balaban J connectivity index is 1.69. The molecule has 24 heavy (non-hydrogen) atoms. The van der Waals surface area contributed by atoms with Gasteiger partial charge in [0.2, 0.25) is 0 Å². The highest BCUT2D eigenvalue weighted by Crippen LogP contribution is 2.26. The van der Waals surface area contributed by atoms with E-state index in [0.29, 0.717) is 6.04 Å². The van der Waals surface area contributed by atoms with E-state index in [1.165, 1.54) is 56.7 Å². The van der Waals surface area contributed by atoms with Gasteiger partial charge in [-0.05, 0) is 30.5 Å². The fourth-order valence-corrected chi connectivity index (χ4v) is 3.65. The topological polar surface area (TPSA) is 6.48 Å². The molecule has 0 amide bonds. The third-order valence-electron chi connectivity index (χ3n) is 5.13. The average molecular weight is 322 g/mol. The van der Waals surface area contributed by atoms with E-state index in [2.05, 4.69) is 77.4 Å². The van der Waals surface area contributed by atoms with Crippen molar-refractivity contribution in [1.82, 2.24) is 9.80 Å². The first-order chi connectivity index (χ1) is 11.9. The van der Waals surface area contributed by atoms with Crippen molar-refractivity contribution >= 4 is 0 Å². The molecular weight excluding hydrogens is 292 g/mol. The molecule has 1 aliphatic heterocycles. The van der Waals surface area contributed by atoms with Gasteiger partial charge in [0, 0.05) is 32.2 Å². The van der Waals surface area contributed by atoms with E-state index in [1.807, 2.05) is 0 Å². The first-order valence-electron chi connectivity index (χ1n) is 9.42. The molecule has 1 aliphatic rings. The van der Waals surface area contributed by atoms with Gasteiger partial charge in [0.25, 0.3) is 0 Å². The van der Waals surface area contributed by atoms with Gasteiger partial charge in [-0.3, -0.25) is 4.90 Å². The zero-order valence-electron chi connectivity index (χ0n) is 14.9. The van der Waals surface area contributed by atoms with Crippen molar-refractivity contribution in [1.29, 1.82) is 0 Å². The quantitative estimate of drug-likeness (QED) is 0.746. The van der Waals surface area contributed by atoms with Crippen molar-refractivity contribution in [2.45, 2.75) is 32.2 Å². The molecule has 1 unspecified atom stereocenters. The summed E-state index contributed by atoms with van der Waals surface area (Å²) in [6, 6.07) is 22.5. The summed E-state index contributed by atoms with van der Waals surface area (Å²) in [6.45, 7) is 8.31. The van der Waals surface area contributed by atoms with Crippen molar-refractivity contribution in [3.63, 3.8) is 0 Å². The zero-order chi connectivity index (χ0) is 16.6. The summed E-state index contributed by atoms with van der Waals surface area (Å²) in [5.41, 5.74) is 2.88. The second kappa shape index (κ2) is 9.00. The predicted molar refractivity (Wildman–Crippen MR) is 102 cm³/mol. The maximum Gasteiger partial charge on any atom is 0.0389 e. The van der Waals surface area contributed by atoms with Crippen LogP contribution in [0.2, 0.25) is 0 Å². The summed E-state index contributed by atoms with van der Waals surface area (Å²) >= 11 is 0. The van der Waals surface area contributed by atoms with Crippen LogP contribution in [0.25, 0.3) is 0 Å². The second-order valence-corrected chi connectivity index (χ2v) is 6.85. The summed E-state index contributed by atoms with van der Waals surface area (Å²) in [6.07, 6.45) is 3.72. The van der Waals surface area contributed by atoms with Crippen LogP contribution in [0, 0.1) is 0 Å². The minimum absolute atomic E-state index is 0.488. The van der Waals surface area contributed by atoms with Gasteiger partial charge in [0.1, 0.15) is 0 Å². The fourth-order valence-electron chi connectivity index (χ4n) is 3.65. The van der Waals surface area contributed by atoms with Crippen molar-refractivity contribution in [2.24, 2.45) is 0 Å². The van der Waals surface area contributed by atoms with Gasteiger partial charge in [-0.25, -0.2) is 0 Å². The van der Waals surface area contributed by atoms with Gasteiger partial charge in [0.05, 0.1) is 0 Å². The first kappa shape index (κ1) is 17.2. The predicted octanol–water partition coefficient (Wildman–Crippen LogP) is 4.39. The third kappa shape index (κ3) is 4.68. The summed E-state index contributed by atoms with van der Waals surface area (Å²) in [5.74, 6) is 0. The molecule has 2 heteroatoms. The first-order valence-corrected chi connectivity index (χ1v) is 9.42. The molecular formula is C22H30N2.